The zero-order valence-corrected chi connectivity index (χ0v) is 23.3. The van der Waals surface area contributed by atoms with Crippen LogP contribution in [0.4, 0.5) is 11.4 Å². The van der Waals surface area contributed by atoms with Crippen molar-refractivity contribution in [3.8, 4) is 12.0 Å². The number of nitrogens with zero attached hydrogens (tertiary/aromatic N) is 2. The van der Waals surface area contributed by atoms with Gasteiger partial charge in [0.15, 0.2) is 0 Å². The molecule has 0 fully saturated rings. The van der Waals surface area contributed by atoms with Crippen LogP contribution in [0.3, 0.4) is 0 Å². The van der Waals surface area contributed by atoms with Gasteiger partial charge >= 0.3 is 0 Å². The molecule has 4 rings (SSSR count). The summed E-state index contributed by atoms with van der Waals surface area (Å²) in [6.45, 7) is 7.38. The number of rotatable bonds is 8. The minimum absolute atomic E-state index is 0.0296. The van der Waals surface area contributed by atoms with Gasteiger partial charge in [-0.2, -0.15) is 4.31 Å². The van der Waals surface area contributed by atoms with E-state index in [0.717, 1.165) is 19.7 Å². The second kappa shape index (κ2) is 11.6. The monoisotopic (exact) mass is 556 g/mol. The molecule has 0 unspecified atom stereocenters. The molecule has 0 spiro atoms. The number of hydrogen-bond acceptors (Lipinski definition) is 4. The quantitative estimate of drug-likeness (QED) is 0.154. The summed E-state index contributed by atoms with van der Waals surface area (Å²) in [5.74, 6) is 2.91. The predicted molar refractivity (Wildman–Crippen MR) is 157 cm³/mol. The molecular formula is C31H28N2O4S2. The average molecular weight is 557 g/mol. The van der Waals surface area contributed by atoms with Crippen molar-refractivity contribution in [1.82, 2.24) is 0 Å². The minimum atomic E-state index is -4.22. The molecule has 0 saturated carbocycles. The van der Waals surface area contributed by atoms with Gasteiger partial charge in [0.25, 0.3) is 20.0 Å². The van der Waals surface area contributed by atoms with Gasteiger partial charge in [-0.15, -0.1) is 6.58 Å². The maximum atomic E-state index is 14.0. The summed E-state index contributed by atoms with van der Waals surface area (Å²) in [7, 11) is -8.29. The van der Waals surface area contributed by atoms with Gasteiger partial charge in [0.1, 0.15) is 0 Å². The third-order valence-corrected chi connectivity index (χ3v) is 9.34. The molecule has 0 amide bonds. The van der Waals surface area contributed by atoms with E-state index in [-0.39, 0.29) is 27.7 Å². The van der Waals surface area contributed by atoms with Crippen molar-refractivity contribution in [3.63, 3.8) is 0 Å². The van der Waals surface area contributed by atoms with Crippen LogP contribution in [0.25, 0.3) is 0 Å². The molecule has 0 heterocycles. The molecule has 0 atom stereocenters. The summed E-state index contributed by atoms with van der Waals surface area (Å²) < 4.78 is 57.7. The third kappa shape index (κ3) is 6.06. The van der Waals surface area contributed by atoms with Crippen LogP contribution in [0.5, 0.6) is 0 Å². The summed E-state index contributed by atoms with van der Waals surface area (Å²) in [5, 5.41) is 0. The minimum Gasteiger partial charge on any atom is -0.260 e. The van der Waals surface area contributed by atoms with Crippen molar-refractivity contribution in [3.05, 3.63) is 132 Å². The molecule has 0 aliphatic heterocycles. The van der Waals surface area contributed by atoms with Crippen molar-refractivity contribution in [1.29, 1.82) is 0 Å². The van der Waals surface area contributed by atoms with Crippen LogP contribution >= 0.6 is 0 Å². The van der Waals surface area contributed by atoms with Crippen LogP contribution in [-0.4, -0.2) is 23.4 Å². The van der Waals surface area contributed by atoms with E-state index in [1.54, 1.807) is 72.8 Å². The zero-order chi connectivity index (χ0) is 28.0. The van der Waals surface area contributed by atoms with Crippen LogP contribution < -0.4 is 8.61 Å². The molecule has 0 saturated heterocycles. The Morgan fingerprint density at radius 2 is 1.15 bits per heavy atom. The first-order valence-electron chi connectivity index (χ1n) is 12.1. The summed E-state index contributed by atoms with van der Waals surface area (Å²) >= 11 is 0. The molecule has 0 aromatic heterocycles. The lowest BCUT2D eigenvalue weighted by Crippen LogP contribution is -2.34. The molecule has 8 heteroatoms. The van der Waals surface area contributed by atoms with Crippen LogP contribution in [-0.2, 0) is 20.0 Å². The normalized spacial score (nSPS) is 11.2. The van der Waals surface area contributed by atoms with Gasteiger partial charge in [0.2, 0.25) is 0 Å². The zero-order valence-electron chi connectivity index (χ0n) is 21.7. The molecule has 39 heavy (non-hydrogen) atoms. The Kier molecular flexibility index (Phi) is 8.24. The van der Waals surface area contributed by atoms with Gasteiger partial charge in [0.05, 0.1) is 27.7 Å². The van der Waals surface area contributed by atoms with Gasteiger partial charge in [-0.25, -0.2) is 16.8 Å². The molecule has 0 N–H and O–H groups in total. The molecular weight excluding hydrogens is 528 g/mol. The largest absolute Gasteiger partial charge is 0.275 e. The summed E-state index contributed by atoms with van der Waals surface area (Å²) in [5.41, 5.74) is 2.66. The standard InChI is InChI=1S/C31H28N2O4S2/c1-4-23-32(38(34,35)28-18-14-25(2)15-19-28)30-12-8-9-13-31(30)33(24-22-27-10-6-5-7-11-27)39(36,37)29-20-16-26(3)17-21-29/h4-21H,1,23H2,2-3H3. The number of benzene rings is 4. The summed E-state index contributed by atoms with van der Waals surface area (Å²) in [6, 6.07) is 31.1. The van der Waals surface area contributed by atoms with E-state index in [1.165, 1.54) is 30.3 Å². The first kappa shape index (κ1) is 27.7. The lowest BCUT2D eigenvalue weighted by atomic mass is 10.2. The van der Waals surface area contributed by atoms with Crippen molar-refractivity contribution in [2.75, 3.05) is 15.2 Å². The van der Waals surface area contributed by atoms with E-state index >= 15 is 0 Å². The Morgan fingerprint density at radius 1 is 0.667 bits per heavy atom. The molecule has 0 radical (unpaired) electrons. The van der Waals surface area contributed by atoms with Crippen molar-refractivity contribution in [2.24, 2.45) is 0 Å². The van der Waals surface area contributed by atoms with Gasteiger partial charge in [-0.3, -0.25) is 4.31 Å². The van der Waals surface area contributed by atoms with Crippen LogP contribution in [0.15, 0.2) is 126 Å². The van der Waals surface area contributed by atoms with Gasteiger partial charge in [0, 0.05) is 11.6 Å². The summed E-state index contributed by atoms with van der Waals surface area (Å²) in [4.78, 5) is 0.106. The van der Waals surface area contributed by atoms with Crippen LogP contribution in [0.1, 0.15) is 16.7 Å². The fraction of sp³-hybridized carbons (Fsp3) is 0.0968. The Balaban J connectivity index is 1.94. The highest BCUT2D eigenvalue weighted by atomic mass is 32.2. The van der Waals surface area contributed by atoms with E-state index < -0.39 is 20.0 Å². The van der Waals surface area contributed by atoms with Gasteiger partial charge in [-0.05, 0) is 68.3 Å². The van der Waals surface area contributed by atoms with E-state index in [9.17, 15) is 16.8 Å². The first-order valence-corrected chi connectivity index (χ1v) is 15.0. The van der Waals surface area contributed by atoms with Crippen molar-refractivity contribution < 1.29 is 16.8 Å². The topological polar surface area (TPSA) is 74.8 Å². The third-order valence-electron chi connectivity index (χ3n) is 5.91. The number of para-hydroxylation sites is 2. The first-order chi connectivity index (χ1) is 18.6. The molecule has 4 aromatic carbocycles. The highest BCUT2D eigenvalue weighted by Crippen LogP contribution is 2.36. The fourth-order valence-corrected chi connectivity index (χ4v) is 6.55. The second-order valence-corrected chi connectivity index (χ2v) is 12.5. The van der Waals surface area contributed by atoms with Gasteiger partial charge < -0.3 is 0 Å². The smallest absolute Gasteiger partial charge is 0.260 e. The Hall–Kier alpha value is -4.32. The number of anilines is 2. The van der Waals surface area contributed by atoms with Crippen molar-refractivity contribution in [2.45, 2.75) is 23.6 Å². The van der Waals surface area contributed by atoms with E-state index in [0.29, 0.717) is 5.56 Å². The second-order valence-electron chi connectivity index (χ2n) is 8.81. The van der Waals surface area contributed by atoms with Crippen LogP contribution in [0, 0.1) is 25.8 Å². The molecule has 0 aliphatic rings. The molecule has 0 bridgehead atoms. The average Bonchev–Trinajstić information content (AvgIpc) is 2.93. The highest BCUT2D eigenvalue weighted by Gasteiger charge is 2.31. The number of sulfonamides is 2. The Morgan fingerprint density at radius 3 is 1.69 bits per heavy atom. The SMILES string of the molecule is C=CCN(c1ccccc1N(C#Cc1ccccc1)S(=O)(=O)c1ccc(C)cc1)S(=O)(=O)c1ccc(C)cc1. The Labute approximate surface area is 231 Å². The lowest BCUT2D eigenvalue weighted by Gasteiger charge is -2.28. The highest BCUT2D eigenvalue weighted by molar-refractivity contribution is 7.93. The van der Waals surface area contributed by atoms with Crippen molar-refractivity contribution >= 4 is 31.4 Å². The van der Waals surface area contributed by atoms with Crippen LogP contribution in [0.2, 0.25) is 0 Å². The predicted octanol–water partition coefficient (Wildman–Crippen LogP) is 5.89. The Bertz CT molecular complexity index is 1740. The number of hydrogen-bond donors (Lipinski definition) is 0. The summed E-state index contributed by atoms with van der Waals surface area (Å²) in [6.07, 6.45) is 1.46. The molecule has 198 valence electrons. The molecule has 4 aromatic rings. The lowest BCUT2D eigenvalue weighted by molar-refractivity contribution is 0.591. The fourth-order valence-electron chi connectivity index (χ4n) is 3.83. The van der Waals surface area contributed by atoms with E-state index in [2.05, 4.69) is 18.5 Å². The molecule has 0 aliphatic carbocycles. The maximum Gasteiger partial charge on any atom is 0.275 e. The maximum absolute atomic E-state index is 14.0. The number of aryl methyl sites for hydroxylation is 2. The molecule has 6 nitrogen and oxygen atoms in total. The van der Waals surface area contributed by atoms with E-state index in [1.807, 2.05) is 19.9 Å². The van der Waals surface area contributed by atoms with E-state index in [4.69, 9.17) is 0 Å². The van der Waals surface area contributed by atoms with Gasteiger partial charge in [-0.1, -0.05) is 71.8 Å².